The summed E-state index contributed by atoms with van der Waals surface area (Å²) in [5.74, 6) is -2.36. The van der Waals surface area contributed by atoms with Gasteiger partial charge >= 0.3 is 11.9 Å². The molecule has 0 radical (unpaired) electrons. The normalized spacial score (nSPS) is 17.8. The number of carbonyl (C=O) groups excluding carboxylic acids is 2. The molecule has 1 aliphatic heterocycles. The van der Waals surface area contributed by atoms with E-state index in [9.17, 15) is 14.9 Å². The molecule has 2 aromatic rings. The molecule has 3 N–H and O–H groups in total. The lowest BCUT2D eigenvalue weighted by Crippen LogP contribution is -2.41. The van der Waals surface area contributed by atoms with Gasteiger partial charge in [0.05, 0.1) is 48.7 Å². The summed E-state index contributed by atoms with van der Waals surface area (Å²) in [6.07, 6.45) is 2.07. The topological polar surface area (TPSA) is 118 Å². The molecule has 2 aliphatic rings. The van der Waals surface area contributed by atoms with E-state index >= 15 is 0 Å². The van der Waals surface area contributed by atoms with Gasteiger partial charge in [-0.05, 0) is 37.0 Å². The van der Waals surface area contributed by atoms with Gasteiger partial charge in [0, 0.05) is 6.04 Å². The minimum absolute atomic E-state index is 0.00909. The maximum Gasteiger partial charge on any atom is 0.355 e. The first-order valence-corrected chi connectivity index (χ1v) is 10.9. The van der Waals surface area contributed by atoms with Crippen LogP contribution in [0.25, 0.3) is 0 Å². The Morgan fingerprint density at radius 3 is 2.32 bits per heavy atom. The summed E-state index contributed by atoms with van der Waals surface area (Å²) in [7, 11) is 2.47. The number of nitriles is 1. The molecule has 8 nitrogen and oxygen atoms in total. The number of methoxy groups -OCH3 is 2. The summed E-state index contributed by atoms with van der Waals surface area (Å²) >= 11 is 0. The Morgan fingerprint density at radius 2 is 1.74 bits per heavy atom. The summed E-state index contributed by atoms with van der Waals surface area (Å²) in [5.41, 5.74) is 9.54. The number of nitrogens with two attached hydrogens (primary N) is 1. The van der Waals surface area contributed by atoms with Gasteiger partial charge in [-0.2, -0.15) is 5.26 Å². The highest BCUT2D eigenvalue weighted by Crippen LogP contribution is 2.45. The Balaban J connectivity index is 2.05. The quantitative estimate of drug-likeness (QED) is 0.632. The molecule has 0 amide bonds. The van der Waals surface area contributed by atoms with E-state index in [1.165, 1.54) is 19.1 Å². The molecule has 34 heavy (non-hydrogen) atoms. The van der Waals surface area contributed by atoms with E-state index in [0.717, 1.165) is 24.1 Å². The van der Waals surface area contributed by atoms with Gasteiger partial charge in [0.25, 0.3) is 0 Å². The number of nitrogens with one attached hydrogen (secondary N) is 1. The van der Waals surface area contributed by atoms with Crippen LogP contribution in [0.4, 0.5) is 11.4 Å². The molecule has 1 fully saturated rings. The molecule has 0 saturated heterocycles. The third-order valence-corrected chi connectivity index (χ3v) is 6.03. The van der Waals surface area contributed by atoms with Crippen LogP contribution in [0.1, 0.15) is 29.9 Å². The molecule has 1 heterocycles. The van der Waals surface area contributed by atoms with Crippen LogP contribution in [-0.2, 0) is 19.1 Å². The Labute approximate surface area is 198 Å². The van der Waals surface area contributed by atoms with Gasteiger partial charge in [-0.1, -0.05) is 42.5 Å². The zero-order valence-electron chi connectivity index (χ0n) is 19.3. The summed E-state index contributed by atoms with van der Waals surface area (Å²) < 4.78 is 10.2. The summed E-state index contributed by atoms with van der Waals surface area (Å²) in [5, 5.41) is 13.7. The van der Waals surface area contributed by atoms with Crippen LogP contribution < -0.4 is 16.0 Å². The zero-order chi connectivity index (χ0) is 24.4. The van der Waals surface area contributed by atoms with Crippen LogP contribution in [0.3, 0.4) is 0 Å². The maximum absolute atomic E-state index is 13.2. The first kappa shape index (κ1) is 22.9. The molecule has 2 aromatic carbocycles. The minimum atomic E-state index is -0.895. The number of hydrogen-bond donors (Lipinski definition) is 2. The minimum Gasteiger partial charge on any atom is -0.466 e. The first-order chi connectivity index (χ1) is 16.4. The van der Waals surface area contributed by atoms with Gasteiger partial charge in [0.15, 0.2) is 0 Å². The number of aryl methyl sites for hydroxylation is 1. The fraction of sp³-hybridized carbons (Fsp3) is 0.269. The second-order valence-corrected chi connectivity index (χ2v) is 8.22. The highest BCUT2D eigenvalue weighted by atomic mass is 16.5. The van der Waals surface area contributed by atoms with E-state index in [2.05, 4.69) is 11.4 Å². The Morgan fingerprint density at radius 1 is 1.06 bits per heavy atom. The zero-order valence-corrected chi connectivity index (χ0v) is 19.3. The monoisotopic (exact) mass is 458 g/mol. The molecule has 174 valence electrons. The number of anilines is 2. The van der Waals surface area contributed by atoms with Crippen LogP contribution in [-0.4, -0.2) is 32.2 Å². The van der Waals surface area contributed by atoms with Crippen molar-refractivity contribution in [1.82, 2.24) is 0 Å². The average Bonchev–Trinajstić information content (AvgIpc) is 3.68. The number of ether oxygens (including phenoxy) is 2. The third-order valence-electron chi connectivity index (χ3n) is 6.03. The lowest BCUT2D eigenvalue weighted by Gasteiger charge is -2.37. The van der Waals surface area contributed by atoms with Crippen molar-refractivity contribution in [2.45, 2.75) is 31.7 Å². The van der Waals surface area contributed by atoms with Crippen molar-refractivity contribution in [2.24, 2.45) is 5.73 Å². The van der Waals surface area contributed by atoms with E-state index in [1.54, 1.807) is 30.3 Å². The second-order valence-electron chi connectivity index (χ2n) is 8.22. The molecule has 8 heteroatoms. The van der Waals surface area contributed by atoms with Crippen molar-refractivity contribution in [1.29, 1.82) is 5.26 Å². The van der Waals surface area contributed by atoms with E-state index in [-0.39, 0.29) is 22.7 Å². The van der Waals surface area contributed by atoms with Crippen LogP contribution in [0.5, 0.6) is 0 Å². The summed E-state index contributed by atoms with van der Waals surface area (Å²) in [6.45, 7) is 1.94. The van der Waals surface area contributed by atoms with Crippen LogP contribution in [0, 0.1) is 18.3 Å². The molecular weight excluding hydrogens is 432 g/mol. The third kappa shape index (κ3) is 3.97. The Kier molecular flexibility index (Phi) is 6.28. The van der Waals surface area contributed by atoms with Gasteiger partial charge in [0.1, 0.15) is 11.5 Å². The van der Waals surface area contributed by atoms with E-state index in [4.69, 9.17) is 15.2 Å². The fourth-order valence-electron chi connectivity index (χ4n) is 4.22. The summed E-state index contributed by atoms with van der Waals surface area (Å²) in [4.78, 5) is 27.8. The molecule has 1 unspecified atom stereocenters. The predicted octanol–water partition coefficient (Wildman–Crippen LogP) is 3.47. The Bertz CT molecular complexity index is 1240. The van der Waals surface area contributed by atoms with E-state index in [1.807, 2.05) is 25.1 Å². The predicted molar refractivity (Wildman–Crippen MR) is 127 cm³/mol. The van der Waals surface area contributed by atoms with Crippen LogP contribution >= 0.6 is 0 Å². The Hall–Kier alpha value is -4.25. The molecule has 1 atom stereocenters. The highest BCUT2D eigenvalue weighted by Gasteiger charge is 2.43. The maximum atomic E-state index is 13.2. The lowest BCUT2D eigenvalue weighted by molar-refractivity contribution is -0.139. The number of para-hydroxylation sites is 1. The molecular formula is C26H26N4O4. The van der Waals surface area contributed by atoms with Crippen LogP contribution in [0.2, 0.25) is 0 Å². The van der Waals surface area contributed by atoms with Gasteiger partial charge in [-0.25, -0.2) is 9.59 Å². The smallest absolute Gasteiger partial charge is 0.355 e. The number of benzene rings is 2. The number of carbonyl (C=O) groups is 2. The molecule has 4 rings (SSSR count). The van der Waals surface area contributed by atoms with Gasteiger partial charge in [-0.15, -0.1) is 0 Å². The highest BCUT2D eigenvalue weighted by molar-refractivity contribution is 6.07. The fourth-order valence-corrected chi connectivity index (χ4v) is 4.22. The van der Waals surface area contributed by atoms with E-state index in [0.29, 0.717) is 17.3 Å². The number of allylic oxidation sites excluding steroid dienone is 1. The van der Waals surface area contributed by atoms with Gasteiger partial charge < -0.3 is 20.5 Å². The van der Waals surface area contributed by atoms with Crippen molar-refractivity contribution >= 4 is 23.3 Å². The number of nitrogens with zero attached hydrogens (tertiary/aromatic N) is 2. The summed E-state index contributed by atoms with van der Waals surface area (Å²) in [6, 6.07) is 17.0. The molecule has 0 spiro atoms. The lowest BCUT2D eigenvalue weighted by atomic mass is 9.81. The van der Waals surface area contributed by atoms with Crippen molar-refractivity contribution in [3.63, 3.8) is 0 Å². The standard InChI is InChI=1S/C26H26N4O4/c1-15-8-7-11-19(22(15)29-17-12-13-17)30-23(26(32)34-3)21(25(31)33-2)20(18(14-27)24(30)28)16-9-5-4-6-10-16/h4-11,17,20,29H,12-13,28H2,1-3H3. The molecule has 1 aliphatic carbocycles. The van der Waals surface area contributed by atoms with Crippen molar-refractivity contribution in [3.8, 4) is 6.07 Å². The first-order valence-electron chi connectivity index (χ1n) is 10.9. The van der Waals surface area contributed by atoms with E-state index < -0.39 is 17.9 Å². The number of rotatable bonds is 6. The molecule has 0 bridgehead atoms. The SMILES string of the molecule is COC(=O)C1=C(C(=O)OC)N(c2cccc(C)c2NC2CC2)C(N)=C(C#N)C1c1ccccc1. The van der Waals surface area contributed by atoms with Crippen molar-refractivity contribution < 1.29 is 19.1 Å². The largest absolute Gasteiger partial charge is 0.466 e. The average molecular weight is 459 g/mol. The van der Waals surface area contributed by atoms with Crippen molar-refractivity contribution in [2.75, 3.05) is 24.4 Å². The van der Waals surface area contributed by atoms with Crippen molar-refractivity contribution in [3.05, 3.63) is 82.3 Å². The van der Waals surface area contributed by atoms with Crippen LogP contribution in [0.15, 0.2) is 71.2 Å². The second kappa shape index (κ2) is 9.32. The number of esters is 2. The van der Waals surface area contributed by atoms with Gasteiger partial charge in [0.2, 0.25) is 0 Å². The number of hydrogen-bond acceptors (Lipinski definition) is 8. The van der Waals surface area contributed by atoms with Gasteiger partial charge in [-0.3, -0.25) is 4.90 Å². The molecule has 1 saturated carbocycles. The molecule has 0 aromatic heterocycles.